The molecule has 670 valence electrons. The van der Waals surface area contributed by atoms with Crippen molar-refractivity contribution in [3.63, 3.8) is 0 Å². The molecule has 20 nitrogen and oxygen atoms in total. The van der Waals surface area contributed by atoms with Gasteiger partial charge in [-0.3, -0.25) is 24.0 Å². The maximum Gasteiger partial charge on any atom is 0.382 e. The summed E-state index contributed by atoms with van der Waals surface area (Å²) in [7, 11) is 0. The first kappa shape index (κ1) is 105. The number of hydrogen-bond acceptors (Lipinski definition) is 13. The van der Waals surface area contributed by atoms with Crippen molar-refractivity contribution < 1.29 is 112 Å². The van der Waals surface area contributed by atoms with Crippen LogP contribution in [0.4, 0.5) is 76.7 Å². The summed E-state index contributed by atoms with van der Waals surface area (Å²) in [5.74, 6) is -22.9. The predicted octanol–water partition coefficient (Wildman–Crippen LogP) is 21.8. The number of hydrogen-bond donors (Lipinski definition) is 10. The molecule has 0 saturated carbocycles. The van der Waals surface area contributed by atoms with E-state index in [2.05, 4.69) is 53.9 Å². The van der Waals surface area contributed by atoms with E-state index in [1.807, 2.05) is 22.6 Å². The molecule has 2 saturated heterocycles. The van der Waals surface area contributed by atoms with Gasteiger partial charge in [0.15, 0.2) is 0 Å². The lowest BCUT2D eigenvalue weighted by Gasteiger charge is -2.32. The van der Waals surface area contributed by atoms with Crippen molar-refractivity contribution in [3.8, 4) is 0 Å². The first-order valence-corrected chi connectivity index (χ1v) is 41.4. The molecule has 10 aromatic rings. The van der Waals surface area contributed by atoms with Crippen LogP contribution >= 0.6 is 103 Å². The number of aliphatic hydroxyl groups is 2. The van der Waals surface area contributed by atoms with Gasteiger partial charge in [0.05, 0.1) is 66.2 Å². The molecule has 38 heteroatoms. The highest BCUT2D eigenvalue weighted by Gasteiger charge is 2.48. The van der Waals surface area contributed by atoms with Crippen molar-refractivity contribution in [1.29, 1.82) is 0 Å². The van der Waals surface area contributed by atoms with E-state index in [0.717, 1.165) is 74.4 Å². The third-order valence-electron chi connectivity index (χ3n) is 18.0. The number of ether oxygens (including phenoxy) is 1. The molecule has 2 heterocycles. The zero-order valence-corrected chi connectivity index (χ0v) is 75.2. The molecule has 2 aliphatic rings. The Morgan fingerprint density at radius 1 is 0.421 bits per heavy atom. The predicted molar refractivity (Wildman–Crippen MR) is 477 cm³/mol. The molecule has 2 fully saturated rings. The van der Waals surface area contributed by atoms with Gasteiger partial charge in [-0.1, -0.05) is 58.0 Å². The van der Waals surface area contributed by atoms with Crippen molar-refractivity contribution in [1.82, 2.24) is 10.2 Å². The second-order valence-corrected chi connectivity index (χ2v) is 31.9. The zero-order chi connectivity index (χ0) is 94.0. The van der Waals surface area contributed by atoms with Gasteiger partial charge < -0.3 is 62.4 Å². The van der Waals surface area contributed by atoms with Gasteiger partial charge in [-0.2, -0.15) is 26.3 Å². The van der Waals surface area contributed by atoms with Crippen LogP contribution in [0, 0.1) is 70.8 Å². The van der Waals surface area contributed by atoms with E-state index in [4.69, 9.17) is 79.1 Å². The van der Waals surface area contributed by atoms with Crippen LogP contribution in [0.25, 0.3) is 0 Å². The number of aliphatic hydroxyl groups excluding tert-OH is 2. The maximum atomic E-state index is 14.9. The largest absolute Gasteiger partial charge is 0.478 e. The standard InChI is InChI=1S/C21H20ClF3N2O3.C18H15ClF3NO3.C16H11ClF3NO3.C14H10ClFINO.C7H4ClIO2.C7H8FN.C5H11NO/c1-12-10-14(3-5-18(12)23)26-19(29)13-2-4-17(22)16(11-13)21(24,25)20(30)27-8-6-15(28)7-9-27;1-3-26-17(25)18(21,22)13-9-11(4-6-14(13)19)16(24)23-12-5-7-15(20)10(2)8-12;1-8-6-10(3-5-13(8)18)21-14(22)9-2-4-12(17)11(7-9)16(19,20)15(23)24;1-8-6-10(3-5-12(8)16)18-14(19)9-2-4-11(15)13(17)7-9;8-5-2-1-4(7(10)11)3-6(5)9;1-5-4-6(9)2-3-7(5)8;7-5-1-3-6-4-2-5/h2-5,10-11,15,28H,6-9H2,1H3,(H,26,29);4-9H,3H2,1-2H3,(H,23,24);2-7H,1H3,(H,21,22)(H,23,24);2-7H,1H3,(H,18,19);1-3H,(H,10,11);2-4H,9H2,1H3;5-7H,1-4H2. The number of rotatable bonds is 16. The number of likely N-dealkylation sites (tertiary alicyclic amines) is 1. The van der Waals surface area contributed by atoms with E-state index < -0.39 is 105 Å². The fourth-order valence-corrected chi connectivity index (χ4v) is 13.0. The number of aliphatic carboxylic acids is 1. The molecule has 12 rings (SSSR count). The highest BCUT2D eigenvalue weighted by molar-refractivity contribution is 14.1. The van der Waals surface area contributed by atoms with Crippen molar-refractivity contribution in [2.75, 3.05) is 59.8 Å². The Balaban J connectivity index is 0.000000237. The van der Waals surface area contributed by atoms with Crippen LogP contribution in [0.2, 0.25) is 25.1 Å². The molecular formula is C88H79Cl5F11I2N7O13. The van der Waals surface area contributed by atoms with Crippen molar-refractivity contribution in [2.45, 2.75) is 97.2 Å². The summed E-state index contributed by atoms with van der Waals surface area (Å²) in [5.41, 5.74) is 7.08. The van der Waals surface area contributed by atoms with Crippen LogP contribution in [0.3, 0.4) is 0 Å². The Bertz CT molecular complexity index is 5620. The average Bonchev–Trinajstić information content (AvgIpc) is 0.788. The van der Waals surface area contributed by atoms with Crippen LogP contribution in [-0.2, 0) is 36.9 Å². The van der Waals surface area contributed by atoms with Gasteiger partial charge >= 0.3 is 35.7 Å². The minimum atomic E-state index is -4.24. The number of nitrogens with two attached hydrogens (primary N) is 1. The number of aryl methyl sites for hydroxylation is 5. The lowest BCUT2D eigenvalue weighted by Crippen LogP contribution is -2.47. The van der Waals surface area contributed by atoms with Gasteiger partial charge in [-0.05, 0) is 335 Å². The minimum Gasteiger partial charge on any atom is -0.478 e. The number of anilines is 5. The number of carbonyl (C=O) groups is 8. The number of alkyl halides is 6. The van der Waals surface area contributed by atoms with Crippen LogP contribution in [0.5, 0.6) is 0 Å². The fraction of sp³-hybridized carbons (Fsp3) is 0.227. The Kier molecular flexibility index (Phi) is 39.9. The van der Waals surface area contributed by atoms with E-state index in [9.17, 15) is 91.8 Å². The summed E-state index contributed by atoms with van der Waals surface area (Å²) in [5, 5.41) is 48.8. The van der Waals surface area contributed by atoms with E-state index in [1.54, 1.807) is 56.3 Å². The van der Waals surface area contributed by atoms with Crippen LogP contribution in [0.1, 0.15) is 129 Å². The summed E-state index contributed by atoms with van der Waals surface area (Å²) in [4.78, 5) is 94.9. The number of aromatic carboxylic acids is 1. The van der Waals surface area contributed by atoms with E-state index in [0.29, 0.717) is 72.2 Å². The molecule has 0 aromatic heterocycles. The van der Waals surface area contributed by atoms with E-state index >= 15 is 0 Å². The highest BCUT2D eigenvalue weighted by Crippen LogP contribution is 2.40. The molecule has 0 spiro atoms. The molecule has 5 amide bonds. The van der Waals surface area contributed by atoms with Crippen LogP contribution < -0.4 is 32.3 Å². The van der Waals surface area contributed by atoms with Gasteiger partial charge in [-0.15, -0.1) is 0 Å². The Hall–Kier alpha value is -10.2. The number of amides is 5. The number of halogens is 18. The molecule has 10 aromatic carbocycles. The molecule has 0 aliphatic carbocycles. The third kappa shape index (κ3) is 30.8. The fourth-order valence-electron chi connectivity index (χ4n) is 11.0. The molecule has 0 bridgehead atoms. The van der Waals surface area contributed by atoms with Crippen molar-refractivity contribution in [3.05, 3.63) is 316 Å². The average molecular weight is 2080 g/mol. The Morgan fingerprint density at radius 3 is 1.01 bits per heavy atom. The zero-order valence-electron chi connectivity index (χ0n) is 67.1. The van der Waals surface area contributed by atoms with Gasteiger partial charge in [0, 0.05) is 70.9 Å². The Labute approximate surface area is 767 Å². The molecule has 0 atom stereocenters. The lowest BCUT2D eigenvalue weighted by atomic mass is 10.0. The van der Waals surface area contributed by atoms with Gasteiger partial charge in [0.1, 0.15) is 29.1 Å². The SMILES string of the molecule is CCOC(=O)C(F)(F)c1cc(C(=O)Nc2ccc(F)c(C)c2)ccc1Cl.Cc1cc(N)ccc1F.Cc1cc(NC(=O)c2ccc(Cl)c(C(F)(F)C(=O)N3CCC(O)CC3)c2)ccc1F.Cc1cc(NC(=O)c2ccc(Cl)c(C(F)(F)C(=O)O)c2)ccc1F.Cc1cc(NC(=O)c2ccc(Cl)c(I)c2)ccc1F.O=C(O)c1ccc(Cl)c(I)c1.OC1CCNCC1. The summed E-state index contributed by atoms with van der Waals surface area (Å²) in [6, 6.07) is 39.6. The number of piperidine rings is 2. The smallest absolute Gasteiger partial charge is 0.382 e. The van der Waals surface area contributed by atoms with Crippen molar-refractivity contribution in [2.24, 2.45) is 0 Å². The molecule has 0 unspecified atom stereocenters. The topological polar surface area (TPSA) is 316 Å². The molecule has 2 aliphatic heterocycles. The number of nitrogen functional groups attached to an aromatic ring is 1. The number of nitrogens with zero attached hydrogens (tertiary/aromatic N) is 1. The quantitative estimate of drug-likeness (QED) is 0.0186. The third-order valence-corrected chi connectivity index (χ3v) is 22.1. The van der Waals surface area contributed by atoms with Crippen LogP contribution in [0.15, 0.2) is 182 Å². The number of carbonyl (C=O) groups excluding carboxylic acids is 6. The van der Waals surface area contributed by atoms with Gasteiger partial charge in [-0.25, -0.2) is 36.3 Å². The second kappa shape index (κ2) is 48.1. The summed E-state index contributed by atoms with van der Waals surface area (Å²) >= 11 is 32.9. The molecule has 0 radical (unpaired) electrons. The molecule has 126 heavy (non-hydrogen) atoms. The summed E-state index contributed by atoms with van der Waals surface area (Å²) < 4.78 is 157. The van der Waals surface area contributed by atoms with Crippen LogP contribution in [-0.4, -0.2) is 118 Å². The maximum absolute atomic E-state index is 14.9. The van der Waals surface area contributed by atoms with Gasteiger partial charge in [0.2, 0.25) is 0 Å². The number of nitrogens with one attached hydrogen (secondary N) is 5. The Morgan fingerprint density at radius 2 is 0.714 bits per heavy atom. The second-order valence-electron chi connectivity index (χ2n) is 27.6. The number of esters is 1. The molecule has 11 N–H and O–H groups in total. The van der Waals surface area contributed by atoms with E-state index in [1.165, 1.54) is 125 Å². The van der Waals surface area contributed by atoms with Crippen molar-refractivity contribution >= 4 is 179 Å². The number of benzene rings is 10. The van der Waals surface area contributed by atoms with Gasteiger partial charge in [0.25, 0.3) is 29.5 Å². The first-order chi connectivity index (χ1) is 59.0. The summed E-state index contributed by atoms with van der Waals surface area (Å²) in [6.45, 7) is 11.0. The molecular weight excluding hydrogens is 2000 g/mol. The lowest BCUT2D eigenvalue weighted by molar-refractivity contribution is -0.173. The number of carboxylic acids is 2. The minimum absolute atomic E-state index is 0.0112. The van der Waals surface area contributed by atoms with E-state index in [-0.39, 0.29) is 94.2 Å². The number of carboxylic acid groups (broad SMARTS) is 2. The normalized spacial score (nSPS) is 12.5. The monoisotopic (exact) mass is 2080 g/mol. The summed E-state index contributed by atoms with van der Waals surface area (Å²) in [6.07, 6.45) is 1.65. The first-order valence-electron chi connectivity index (χ1n) is 37.3. The highest BCUT2D eigenvalue weighted by atomic mass is 127.